The van der Waals surface area contributed by atoms with Crippen molar-refractivity contribution in [1.82, 2.24) is 0 Å². The van der Waals surface area contributed by atoms with Crippen molar-refractivity contribution in [1.29, 1.82) is 0 Å². The van der Waals surface area contributed by atoms with Crippen LogP contribution in [0.2, 0.25) is 5.02 Å². The van der Waals surface area contributed by atoms with Gasteiger partial charge in [-0.15, -0.1) is 0 Å². The van der Waals surface area contributed by atoms with E-state index in [1.165, 1.54) is 0 Å². The molecule has 5 heteroatoms. The standard InChI is InChI=1S/C15H15ClN2O2/c16-12-6-4-11(5-7-12)15(19)18-13-2-1-3-14(10-13)20-9-8-17/h1-7,10H,8-9,17H2,(H,18,19). The molecule has 0 spiro atoms. The third-order valence-corrected chi connectivity index (χ3v) is 2.84. The maximum Gasteiger partial charge on any atom is 0.255 e. The molecule has 3 N–H and O–H groups in total. The van der Waals surface area contributed by atoms with Gasteiger partial charge < -0.3 is 15.8 Å². The van der Waals surface area contributed by atoms with Crippen LogP contribution in [0.3, 0.4) is 0 Å². The van der Waals surface area contributed by atoms with Crippen LogP contribution in [-0.4, -0.2) is 19.1 Å². The number of carbonyl (C=O) groups excluding carboxylic acids is 1. The van der Waals surface area contributed by atoms with E-state index in [1.807, 2.05) is 12.1 Å². The summed E-state index contributed by atoms with van der Waals surface area (Å²) >= 11 is 5.79. The van der Waals surface area contributed by atoms with Gasteiger partial charge in [-0.1, -0.05) is 17.7 Å². The van der Waals surface area contributed by atoms with Crippen molar-refractivity contribution < 1.29 is 9.53 Å². The number of hydrogen-bond acceptors (Lipinski definition) is 3. The third-order valence-electron chi connectivity index (χ3n) is 2.58. The molecule has 0 aliphatic rings. The van der Waals surface area contributed by atoms with Crippen molar-refractivity contribution >= 4 is 23.2 Å². The zero-order chi connectivity index (χ0) is 14.4. The van der Waals surface area contributed by atoms with Crippen LogP contribution in [-0.2, 0) is 0 Å². The molecule has 0 aromatic heterocycles. The lowest BCUT2D eigenvalue weighted by molar-refractivity contribution is 0.102. The zero-order valence-electron chi connectivity index (χ0n) is 10.8. The highest BCUT2D eigenvalue weighted by Gasteiger charge is 2.06. The van der Waals surface area contributed by atoms with Crippen LogP contribution < -0.4 is 15.8 Å². The summed E-state index contributed by atoms with van der Waals surface area (Å²) in [6, 6.07) is 13.9. The normalized spacial score (nSPS) is 10.1. The lowest BCUT2D eigenvalue weighted by atomic mass is 10.2. The molecule has 104 valence electrons. The van der Waals surface area contributed by atoms with Gasteiger partial charge in [0, 0.05) is 28.9 Å². The SMILES string of the molecule is NCCOc1cccc(NC(=O)c2ccc(Cl)cc2)c1. The van der Waals surface area contributed by atoms with E-state index >= 15 is 0 Å². The maximum atomic E-state index is 12.0. The van der Waals surface area contributed by atoms with Gasteiger partial charge in [-0.2, -0.15) is 0 Å². The number of rotatable bonds is 5. The quantitative estimate of drug-likeness (QED) is 0.890. The molecule has 0 aliphatic heterocycles. The van der Waals surface area contributed by atoms with Gasteiger partial charge in [0.05, 0.1) is 0 Å². The fraction of sp³-hybridized carbons (Fsp3) is 0.133. The van der Waals surface area contributed by atoms with E-state index in [0.717, 1.165) is 0 Å². The first-order chi connectivity index (χ1) is 9.69. The summed E-state index contributed by atoms with van der Waals surface area (Å²) in [6.45, 7) is 0.885. The van der Waals surface area contributed by atoms with Crippen LogP contribution in [0.1, 0.15) is 10.4 Å². The molecule has 0 saturated carbocycles. The minimum atomic E-state index is -0.197. The van der Waals surface area contributed by atoms with Crippen LogP contribution in [0.25, 0.3) is 0 Å². The van der Waals surface area contributed by atoms with Gasteiger partial charge in [0.15, 0.2) is 0 Å². The summed E-state index contributed by atoms with van der Waals surface area (Å²) < 4.78 is 5.41. The second-order valence-electron chi connectivity index (χ2n) is 4.13. The van der Waals surface area contributed by atoms with Crippen molar-refractivity contribution in [3.63, 3.8) is 0 Å². The fourth-order valence-electron chi connectivity index (χ4n) is 1.64. The Labute approximate surface area is 122 Å². The number of nitrogens with one attached hydrogen (secondary N) is 1. The third kappa shape index (κ3) is 3.98. The first kappa shape index (κ1) is 14.4. The van der Waals surface area contributed by atoms with Crippen LogP contribution in [0, 0.1) is 0 Å². The summed E-state index contributed by atoms with van der Waals surface area (Å²) in [5, 5.41) is 3.40. The molecule has 0 atom stereocenters. The molecule has 2 aromatic rings. The number of benzene rings is 2. The predicted octanol–water partition coefficient (Wildman–Crippen LogP) is 2.93. The molecule has 1 amide bonds. The van der Waals surface area contributed by atoms with E-state index in [-0.39, 0.29) is 5.91 Å². The Balaban J connectivity index is 2.05. The smallest absolute Gasteiger partial charge is 0.255 e. The van der Waals surface area contributed by atoms with Crippen molar-refractivity contribution in [2.45, 2.75) is 0 Å². The van der Waals surface area contributed by atoms with Crippen molar-refractivity contribution in [2.24, 2.45) is 5.73 Å². The summed E-state index contributed by atoms with van der Waals surface area (Å²) in [7, 11) is 0. The highest BCUT2D eigenvalue weighted by molar-refractivity contribution is 6.30. The molecule has 2 aromatic carbocycles. The average Bonchev–Trinajstić information content (AvgIpc) is 2.46. The molecule has 20 heavy (non-hydrogen) atoms. The number of carbonyl (C=O) groups is 1. The molecule has 0 aliphatic carbocycles. The highest BCUT2D eigenvalue weighted by atomic mass is 35.5. The van der Waals surface area contributed by atoms with E-state index in [1.54, 1.807) is 36.4 Å². The minimum Gasteiger partial charge on any atom is -0.492 e. The molecule has 0 bridgehead atoms. The molecule has 0 saturated heterocycles. The van der Waals surface area contributed by atoms with Crippen LogP contribution >= 0.6 is 11.6 Å². The van der Waals surface area contributed by atoms with Gasteiger partial charge in [0.25, 0.3) is 5.91 Å². The first-order valence-electron chi connectivity index (χ1n) is 6.19. The van der Waals surface area contributed by atoms with Gasteiger partial charge in [0.2, 0.25) is 0 Å². The van der Waals surface area contributed by atoms with Gasteiger partial charge >= 0.3 is 0 Å². The second kappa shape index (κ2) is 6.93. The van der Waals surface area contributed by atoms with E-state index in [9.17, 15) is 4.79 Å². The average molecular weight is 291 g/mol. The molecule has 0 radical (unpaired) electrons. The molecule has 4 nitrogen and oxygen atoms in total. The number of amides is 1. The summed E-state index contributed by atoms with van der Waals surface area (Å²) in [4.78, 5) is 12.0. The lowest BCUT2D eigenvalue weighted by Gasteiger charge is -2.08. The van der Waals surface area contributed by atoms with Gasteiger partial charge in [-0.05, 0) is 36.4 Å². The second-order valence-corrected chi connectivity index (χ2v) is 4.56. The van der Waals surface area contributed by atoms with Crippen molar-refractivity contribution in [3.05, 3.63) is 59.1 Å². The topological polar surface area (TPSA) is 64.3 Å². The van der Waals surface area contributed by atoms with Gasteiger partial charge in [0.1, 0.15) is 12.4 Å². The van der Waals surface area contributed by atoms with Gasteiger partial charge in [-0.25, -0.2) is 0 Å². The van der Waals surface area contributed by atoms with Gasteiger partial charge in [-0.3, -0.25) is 4.79 Å². The maximum absolute atomic E-state index is 12.0. The molecule has 0 heterocycles. The van der Waals surface area contributed by atoms with E-state index < -0.39 is 0 Å². The largest absolute Gasteiger partial charge is 0.492 e. The number of hydrogen-bond donors (Lipinski definition) is 2. The van der Waals surface area contributed by atoms with Crippen molar-refractivity contribution in [3.8, 4) is 5.75 Å². The lowest BCUT2D eigenvalue weighted by Crippen LogP contribution is -2.12. The summed E-state index contributed by atoms with van der Waals surface area (Å²) in [6.07, 6.45) is 0. The molecule has 0 fully saturated rings. The van der Waals surface area contributed by atoms with Crippen molar-refractivity contribution in [2.75, 3.05) is 18.5 Å². The minimum absolute atomic E-state index is 0.197. The molecule has 2 rings (SSSR count). The van der Waals surface area contributed by atoms with Crippen LogP contribution in [0.15, 0.2) is 48.5 Å². The number of anilines is 1. The molecule has 0 unspecified atom stereocenters. The Kier molecular flexibility index (Phi) is 4.98. The Morgan fingerprint density at radius 1 is 1.20 bits per heavy atom. The Morgan fingerprint density at radius 2 is 1.95 bits per heavy atom. The Bertz CT molecular complexity index is 585. The van der Waals surface area contributed by atoms with Crippen LogP contribution in [0.4, 0.5) is 5.69 Å². The van der Waals surface area contributed by atoms with Crippen LogP contribution in [0.5, 0.6) is 5.75 Å². The fourth-order valence-corrected chi connectivity index (χ4v) is 1.77. The van der Waals surface area contributed by atoms with E-state index in [0.29, 0.717) is 35.2 Å². The van der Waals surface area contributed by atoms with E-state index in [2.05, 4.69) is 5.32 Å². The monoisotopic (exact) mass is 290 g/mol. The Hall–Kier alpha value is -2.04. The summed E-state index contributed by atoms with van der Waals surface area (Å²) in [5.74, 6) is 0.474. The van der Waals surface area contributed by atoms with E-state index in [4.69, 9.17) is 22.1 Å². The first-order valence-corrected chi connectivity index (χ1v) is 6.56. The number of nitrogens with two attached hydrogens (primary N) is 1. The number of halogens is 1. The predicted molar refractivity (Wildman–Crippen MR) is 80.4 cm³/mol. The molecular formula is C15H15ClN2O2. The molecular weight excluding hydrogens is 276 g/mol. The number of ether oxygens (including phenoxy) is 1. The summed E-state index contributed by atoms with van der Waals surface area (Å²) in [5.41, 5.74) is 6.59. The highest BCUT2D eigenvalue weighted by Crippen LogP contribution is 2.18. The Morgan fingerprint density at radius 3 is 2.65 bits per heavy atom. The zero-order valence-corrected chi connectivity index (χ0v) is 11.6.